The van der Waals surface area contributed by atoms with Crippen LogP contribution in [-0.4, -0.2) is 56.7 Å². The van der Waals surface area contributed by atoms with Crippen molar-refractivity contribution in [3.05, 3.63) is 55.1 Å². The minimum Gasteiger partial charge on any atom is -0.354 e. The van der Waals surface area contributed by atoms with Crippen molar-refractivity contribution in [1.29, 1.82) is 0 Å². The summed E-state index contributed by atoms with van der Waals surface area (Å²) in [5.74, 6) is -0.0506. The summed E-state index contributed by atoms with van der Waals surface area (Å²) in [7, 11) is 0. The minimum atomic E-state index is -0.0506. The molecule has 1 amide bonds. The maximum Gasteiger partial charge on any atom is 0.241 e. The van der Waals surface area contributed by atoms with Crippen molar-refractivity contribution < 1.29 is 4.79 Å². The van der Waals surface area contributed by atoms with Gasteiger partial charge in [-0.15, -0.1) is 24.8 Å². The average Bonchev–Trinajstić information content (AvgIpc) is 3.18. The molecule has 3 heterocycles. The van der Waals surface area contributed by atoms with Crippen molar-refractivity contribution >= 4 is 30.7 Å². The van der Waals surface area contributed by atoms with Crippen LogP contribution in [0.5, 0.6) is 0 Å². The fourth-order valence-electron chi connectivity index (χ4n) is 3.28. The first-order valence-electron chi connectivity index (χ1n) is 10.1. The molecule has 9 heteroatoms. The molecule has 0 saturated heterocycles. The summed E-state index contributed by atoms with van der Waals surface area (Å²) in [6.07, 6.45) is 7.96. The third-order valence-electron chi connectivity index (χ3n) is 4.88. The van der Waals surface area contributed by atoms with Gasteiger partial charge in [0.05, 0.1) is 17.6 Å². The van der Waals surface area contributed by atoms with E-state index in [1.807, 2.05) is 30.3 Å². The Kier molecular flexibility index (Phi) is 11.8. The van der Waals surface area contributed by atoms with Gasteiger partial charge in [0.1, 0.15) is 6.54 Å². The summed E-state index contributed by atoms with van der Waals surface area (Å²) in [5.41, 5.74) is 3.44. The van der Waals surface area contributed by atoms with Crippen molar-refractivity contribution in [2.24, 2.45) is 0 Å². The van der Waals surface area contributed by atoms with Crippen LogP contribution >= 0.6 is 24.8 Å². The van der Waals surface area contributed by atoms with Crippen molar-refractivity contribution in [3.8, 4) is 22.5 Å². The van der Waals surface area contributed by atoms with Gasteiger partial charge in [-0.05, 0) is 50.3 Å². The minimum absolute atomic E-state index is 0. The summed E-state index contributed by atoms with van der Waals surface area (Å²) >= 11 is 0. The van der Waals surface area contributed by atoms with Gasteiger partial charge in [0.15, 0.2) is 0 Å². The second-order valence-corrected chi connectivity index (χ2v) is 6.75. The molecule has 0 aromatic carbocycles. The maximum absolute atomic E-state index is 12.5. The topological polar surface area (TPSA) is 75.9 Å². The van der Waals surface area contributed by atoms with E-state index in [9.17, 15) is 4.79 Å². The number of rotatable bonds is 10. The number of amides is 1. The molecule has 0 aliphatic rings. The van der Waals surface area contributed by atoms with Gasteiger partial charge < -0.3 is 10.2 Å². The number of halogens is 2. The Hall–Kier alpha value is -2.48. The third kappa shape index (κ3) is 7.31. The third-order valence-corrected chi connectivity index (χ3v) is 4.88. The lowest BCUT2D eigenvalue weighted by Gasteiger charge is -2.17. The summed E-state index contributed by atoms with van der Waals surface area (Å²) in [5, 5.41) is 7.48. The van der Waals surface area contributed by atoms with Crippen LogP contribution in [0.25, 0.3) is 22.5 Å². The number of hydrogen-bond acceptors (Lipinski definition) is 5. The molecule has 1 N–H and O–H groups in total. The van der Waals surface area contributed by atoms with Crippen LogP contribution in [0.15, 0.2) is 55.1 Å². The van der Waals surface area contributed by atoms with E-state index in [4.69, 9.17) is 0 Å². The quantitative estimate of drug-likeness (QED) is 0.462. The Morgan fingerprint density at radius 2 is 1.87 bits per heavy atom. The molecule has 0 bridgehead atoms. The average molecular weight is 465 g/mol. The normalized spacial score (nSPS) is 10.3. The van der Waals surface area contributed by atoms with Gasteiger partial charge in [-0.25, -0.2) is 0 Å². The van der Waals surface area contributed by atoms with Crippen molar-refractivity contribution in [2.45, 2.75) is 26.8 Å². The first kappa shape index (κ1) is 26.6. The summed E-state index contributed by atoms with van der Waals surface area (Å²) in [6.45, 7) is 8.16. The van der Waals surface area contributed by atoms with E-state index in [1.165, 1.54) is 0 Å². The molecule has 0 radical (unpaired) electrons. The van der Waals surface area contributed by atoms with Crippen LogP contribution in [0.1, 0.15) is 20.3 Å². The van der Waals surface area contributed by atoms with Gasteiger partial charge in [0.2, 0.25) is 5.91 Å². The second-order valence-electron chi connectivity index (χ2n) is 6.75. The molecular formula is C22H30Cl2N6O. The molecule has 0 unspecified atom stereocenters. The largest absolute Gasteiger partial charge is 0.354 e. The Labute approximate surface area is 196 Å². The highest BCUT2D eigenvalue weighted by atomic mass is 35.5. The summed E-state index contributed by atoms with van der Waals surface area (Å²) in [4.78, 5) is 23.5. The zero-order chi connectivity index (χ0) is 20.5. The Morgan fingerprint density at radius 1 is 1.06 bits per heavy atom. The number of carbonyl (C=O) groups excluding carboxylic acids is 1. The highest BCUT2D eigenvalue weighted by Crippen LogP contribution is 2.30. The Morgan fingerprint density at radius 3 is 2.52 bits per heavy atom. The standard InChI is InChI=1S/C22H28N6O.2ClH/c1-3-27(4-2)14-8-13-25-21(29)17-28-22(18-9-7-11-23-15-18)19(16-26-28)20-10-5-6-12-24-20;;/h5-7,9-12,15-16H,3-4,8,13-14,17H2,1-2H3,(H,25,29);2*1H. The van der Waals surface area contributed by atoms with Gasteiger partial charge in [-0.1, -0.05) is 19.9 Å². The molecule has 3 rings (SSSR count). The van der Waals surface area contributed by atoms with Gasteiger partial charge in [0, 0.05) is 36.3 Å². The van der Waals surface area contributed by atoms with E-state index in [0.29, 0.717) is 6.54 Å². The fraction of sp³-hybridized carbons (Fsp3) is 0.364. The number of nitrogens with zero attached hydrogens (tertiary/aromatic N) is 5. The number of hydrogen-bond donors (Lipinski definition) is 1. The van der Waals surface area contributed by atoms with E-state index >= 15 is 0 Å². The molecule has 0 aliphatic heterocycles. The number of carbonyl (C=O) groups is 1. The zero-order valence-electron chi connectivity index (χ0n) is 17.9. The lowest BCUT2D eigenvalue weighted by atomic mass is 10.1. The van der Waals surface area contributed by atoms with Crippen molar-refractivity contribution in [2.75, 3.05) is 26.2 Å². The first-order chi connectivity index (χ1) is 14.2. The van der Waals surface area contributed by atoms with Crippen LogP contribution in [0, 0.1) is 0 Å². The number of nitrogens with one attached hydrogen (secondary N) is 1. The molecule has 7 nitrogen and oxygen atoms in total. The van der Waals surface area contributed by atoms with Crippen LogP contribution in [0.4, 0.5) is 0 Å². The van der Waals surface area contributed by atoms with Crippen LogP contribution in [-0.2, 0) is 11.3 Å². The monoisotopic (exact) mass is 464 g/mol. The molecule has 0 aliphatic carbocycles. The van der Waals surface area contributed by atoms with Crippen LogP contribution in [0.2, 0.25) is 0 Å². The smallest absolute Gasteiger partial charge is 0.241 e. The Bertz CT molecular complexity index is 901. The predicted octanol–water partition coefficient (Wildman–Crippen LogP) is 3.70. The lowest BCUT2D eigenvalue weighted by Crippen LogP contribution is -2.32. The van der Waals surface area contributed by atoms with Crippen molar-refractivity contribution in [1.82, 2.24) is 30.0 Å². The first-order valence-corrected chi connectivity index (χ1v) is 10.1. The maximum atomic E-state index is 12.5. The van der Waals surface area contributed by atoms with E-state index in [0.717, 1.165) is 48.6 Å². The summed E-state index contributed by atoms with van der Waals surface area (Å²) < 4.78 is 1.72. The number of pyridine rings is 2. The Balaban J connectivity index is 0.00000240. The molecule has 31 heavy (non-hydrogen) atoms. The highest BCUT2D eigenvalue weighted by Gasteiger charge is 2.17. The lowest BCUT2D eigenvalue weighted by molar-refractivity contribution is -0.121. The molecule has 0 saturated carbocycles. The molecule has 168 valence electrons. The van der Waals surface area contributed by atoms with E-state index in [1.54, 1.807) is 29.5 Å². The van der Waals surface area contributed by atoms with Gasteiger partial charge in [-0.2, -0.15) is 5.10 Å². The van der Waals surface area contributed by atoms with Crippen LogP contribution in [0.3, 0.4) is 0 Å². The molecule has 0 spiro atoms. The van der Waals surface area contributed by atoms with Crippen molar-refractivity contribution in [3.63, 3.8) is 0 Å². The van der Waals surface area contributed by atoms with E-state index in [2.05, 4.69) is 39.1 Å². The SMILES string of the molecule is CCN(CC)CCCNC(=O)Cn1ncc(-c2ccccn2)c1-c1cccnc1.Cl.Cl. The molecule has 3 aromatic heterocycles. The fourth-order valence-corrected chi connectivity index (χ4v) is 3.28. The number of aromatic nitrogens is 4. The van der Waals surface area contributed by atoms with Gasteiger partial charge >= 0.3 is 0 Å². The molecule has 0 atom stereocenters. The molecule has 3 aromatic rings. The predicted molar refractivity (Wildman–Crippen MR) is 129 cm³/mol. The van der Waals surface area contributed by atoms with E-state index < -0.39 is 0 Å². The highest BCUT2D eigenvalue weighted by molar-refractivity contribution is 5.85. The van der Waals surface area contributed by atoms with Gasteiger partial charge in [-0.3, -0.25) is 19.4 Å². The van der Waals surface area contributed by atoms with Crippen LogP contribution < -0.4 is 5.32 Å². The van der Waals surface area contributed by atoms with Gasteiger partial charge in [0.25, 0.3) is 0 Å². The zero-order valence-corrected chi connectivity index (χ0v) is 19.5. The molecule has 0 fully saturated rings. The van der Waals surface area contributed by atoms with E-state index in [-0.39, 0.29) is 37.3 Å². The molecular weight excluding hydrogens is 435 g/mol. The second kappa shape index (κ2) is 13.7. The summed E-state index contributed by atoms with van der Waals surface area (Å²) in [6, 6.07) is 9.60.